The first-order valence-electron chi connectivity index (χ1n) is 7.68. The second-order valence-electron chi connectivity index (χ2n) is 6.10. The maximum atomic E-state index is 12.7. The Balaban J connectivity index is 1.73. The van der Waals surface area contributed by atoms with E-state index in [0.717, 1.165) is 23.6 Å². The summed E-state index contributed by atoms with van der Waals surface area (Å²) >= 11 is 0. The SMILES string of the molecule is CN(C)c1cc(NC(=O)[C@H]2CNC[C@@H]2c2cnn(C)c2)ccn1. The zero-order valence-electron chi connectivity index (χ0n) is 13.7. The zero-order chi connectivity index (χ0) is 16.4. The highest BCUT2D eigenvalue weighted by Crippen LogP contribution is 2.29. The Kier molecular flexibility index (Phi) is 4.29. The number of carbonyl (C=O) groups is 1. The number of aryl methyl sites for hydroxylation is 1. The fraction of sp³-hybridized carbons (Fsp3) is 0.438. The molecule has 0 radical (unpaired) electrons. The standard InChI is InChI=1S/C16H22N6O/c1-21(2)15-6-12(4-5-18-15)20-16(23)14-9-17-8-13(14)11-7-19-22(3)10-11/h4-7,10,13-14,17H,8-9H2,1-3H3,(H,18,20,23)/t13-,14+/m1/s1. The first kappa shape index (κ1) is 15.5. The van der Waals surface area contributed by atoms with Crippen LogP contribution in [0.5, 0.6) is 0 Å². The summed E-state index contributed by atoms with van der Waals surface area (Å²) in [6, 6.07) is 3.69. The monoisotopic (exact) mass is 314 g/mol. The van der Waals surface area contributed by atoms with E-state index in [1.165, 1.54) is 0 Å². The molecule has 1 aliphatic rings. The van der Waals surface area contributed by atoms with Gasteiger partial charge in [0.25, 0.3) is 0 Å². The summed E-state index contributed by atoms with van der Waals surface area (Å²) in [7, 11) is 5.74. The van der Waals surface area contributed by atoms with Gasteiger partial charge in [-0.25, -0.2) is 4.98 Å². The molecule has 0 aromatic carbocycles. The lowest BCUT2D eigenvalue weighted by molar-refractivity contribution is -0.119. The van der Waals surface area contributed by atoms with Crippen LogP contribution >= 0.6 is 0 Å². The van der Waals surface area contributed by atoms with Gasteiger partial charge in [-0.05, 0) is 11.6 Å². The first-order valence-corrected chi connectivity index (χ1v) is 7.68. The largest absolute Gasteiger partial charge is 0.363 e. The average molecular weight is 314 g/mol. The topological polar surface area (TPSA) is 75.1 Å². The minimum atomic E-state index is -0.102. The van der Waals surface area contributed by atoms with Crippen LogP contribution in [0.2, 0.25) is 0 Å². The molecule has 0 saturated carbocycles. The first-order chi connectivity index (χ1) is 11.0. The van der Waals surface area contributed by atoms with Crippen LogP contribution in [0.1, 0.15) is 11.5 Å². The fourth-order valence-electron chi connectivity index (χ4n) is 2.91. The van der Waals surface area contributed by atoms with Gasteiger partial charge in [0.15, 0.2) is 0 Å². The summed E-state index contributed by atoms with van der Waals surface area (Å²) < 4.78 is 1.77. The zero-order valence-corrected chi connectivity index (χ0v) is 13.7. The maximum Gasteiger partial charge on any atom is 0.229 e. The quantitative estimate of drug-likeness (QED) is 0.874. The normalized spacial score (nSPS) is 20.5. The Morgan fingerprint density at radius 3 is 2.96 bits per heavy atom. The van der Waals surface area contributed by atoms with Crippen LogP contribution in [0.15, 0.2) is 30.7 Å². The number of aromatic nitrogens is 3. The van der Waals surface area contributed by atoms with Crippen molar-refractivity contribution in [2.75, 3.05) is 37.4 Å². The van der Waals surface area contributed by atoms with Crippen LogP contribution in [-0.4, -0.2) is 47.9 Å². The number of hydrogen-bond donors (Lipinski definition) is 2. The van der Waals surface area contributed by atoms with Crippen molar-refractivity contribution in [3.05, 3.63) is 36.3 Å². The second-order valence-corrected chi connectivity index (χ2v) is 6.10. The van der Waals surface area contributed by atoms with Crippen LogP contribution in [0.4, 0.5) is 11.5 Å². The molecule has 2 aromatic heterocycles. The van der Waals surface area contributed by atoms with E-state index >= 15 is 0 Å². The summed E-state index contributed by atoms with van der Waals surface area (Å²) in [4.78, 5) is 18.8. The molecule has 3 rings (SSSR count). The van der Waals surface area contributed by atoms with Crippen molar-refractivity contribution in [3.8, 4) is 0 Å². The molecule has 7 heteroatoms. The molecular weight excluding hydrogens is 292 g/mol. The summed E-state index contributed by atoms with van der Waals surface area (Å²) in [5.41, 5.74) is 1.87. The lowest BCUT2D eigenvalue weighted by Gasteiger charge is -2.18. The molecule has 122 valence electrons. The lowest BCUT2D eigenvalue weighted by Crippen LogP contribution is -2.28. The van der Waals surface area contributed by atoms with E-state index in [2.05, 4.69) is 20.7 Å². The van der Waals surface area contributed by atoms with Gasteiger partial charge in [-0.15, -0.1) is 0 Å². The van der Waals surface area contributed by atoms with Crippen molar-refractivity contribution in [2.45, 2.75) is 5.92 Å². The molecule has 0 spiro atoms. The van der Waals surface area contributed by atoms with Crippen molar-refractivity contribution in [1.29, 1.82) is 0 Å². The summed E-state index contributed by atoms with van der Waals surface area (Å²) in [5, 5.41) is 10.5. The Hall–Kier alpha value is -2.41. The van der Waals surface area contributed by atoms with Gasteiger partial charge in [-0.2, -0.15) is 5.10 Å². The number of nitrogens with zero attached hydrogens (tertiary/aromatic N) is 4. The van der Waals surface area contributed by atoms with Gasteiger partial charge in [0.05, 0.1) is 12.1 Å². The van der Waals surface area contributed by atoms with Crippen molar-refractivity contribution >= 4 is 17.4 Å². The van der Waals surface area contributed by atoms with Gasteiger partial charge in [-0.3, -0.25) is 9.48 Å². The van der Waals surface area contributed by atoms with Crippen LogP contribution < -0.4 is 15.5 Å². The van der Waals surface area contributed by atoms with Gasteiger partial charge in [0, 0.05) is 64.3 Å². The van der Waals surface area contributed by atoms with Gasteiger partial charge >= 0.3 is 0 Å². The number of carbonyl (C=O) groups excluding carboxylic acids is 1. The van der Waals surface area contributed by atoms with Gasteiger partial charge < -0.3 is 15.5 Å². The molecule has 1 fully saturated rings. The molecule has 0 unspecified atom stereocenters. The van der Waals surface area contributed by atoms with Gasteiger partial charge in [0.2, 0.25) is 5.91 Å². The maximum absolute atomic E-state index is 12.7. The Bertz CT molecular complexity index is 695. The number of hydrogen-bond acceptors (Lipinski definition) is 5. The molecule has 0 aliphatic carbocycles. The van der Waals surface area contributed by atoms with E-state index in [4.69, 9.17) is 0 Å². The number of pyridine rings is 1. The molecule has 2 N–H and O–H groups in total. The predicted octanol–water partition coefficient (Wildman–Crippen LogP) is 0.823. The highest BCUT2D eigenvalue weighted by molar-refractivity contribution is 5.94. The lowest BCUT2D eigenvalue weighted by atomic mass is 9.90. The van der Waals surface area contributed by atoms with Crippen LogP contribution in [0.25, 0.3) is 0 Å². The molecule has 7 nitrogen and oxygen atoms in total. The molecule has 3 heterocycles. The molecule has 1 saturated heterocycles. The second kappa shape index (κ2) is 6.37. The summed E-state index contributed by atoms with van der Waals surface area (Å²) in [6.45, 7) is 1.47. The van der Waals surface area contributed by atoms with Gasteiger partial charge in [0.1, 0.15) is 5.82 Å². The molecular formula is C16H22N6O. The highest BCUT2D eigenvalue weighted by Gasteiger charge is 2.34. The molecule has 2 aromatic rings. The highest BCUT2D eigenvalue weighted by atomic mass is 16.2. The molecule has 2 atom stereocenters. The van der Waals surface area contributed by atoms with Crippen LogP contribution in [0.3, 0.4) is 0 Å². The molecule has 1 amide bonds. The molecule has 23 heavy (non-hydrogen) atoms. The molecule has 1 aliphatic heterocycles. The van der Waals surface area contributed by atoms with E-state index in [1.54, 1.807) is 10.9 Å². The van der Waals surface area contributed by atoms with E-state index < -0.39 is 0 Å². The Labute approximate surface area is 135 Å². The van der Waals surface area contributed by atoms with E-state index in [0.29, 0.717) is 6.54 Å². The smallest absolute Gasteiger partial charge is 0.229 e. The van der Waals surface area contributed by atoms with Crippen molar-refractivity contribution in [3.63, 3.8) is 0 Å². The van der Waals surface area contributed by atoms with E-state index in [1.807, 2.05) is 50.6 Å². The van der Waals surface area contributed by atoms with Crippen molar-refractivity contribution in [1.82, 2.24) is 20.1 Å². The number of nitrogens with one attached hydrogen (secondary N) is 2. The summed E-state index contributed by atoms with van der Waals surface area (Å²) in [5.74, 6) is 0.893. The summed E-state index contributed by atoms with van der Waals surface area (Å²) in [6.07, 6.45) is 5.53. The number of anilines is 2. The third-order valence-corrected chi connectivity index (χ3v) is 4.18. The number of rotatable bonds is 4. The Morgan fingerprint density at radius 1 is 1.43 bits per heavy atom. The van der Waals surface area contributed by atoms with Crippen molar-refractivity contribution < 1.29 is 4.79 Å². The fourth-order valence-corrected chi connectivity index (χ4v) is 2.91. The van der Waals surface area contributed by atoms with Crippen molar-refractivity contribution in [2.24, 2.45) is 13.0 Å². The van der Waals surface area contributed by atoms with Crippen LogP contribution in [-0.2, 0) is 11.8 Å². The van der Waals surface area contributed by atoms with E-state index in [9.17, 15) is 4.79 Å². The number of amides is 1. The minimum Gasteiger partial charge on any atom is -0.363 e. The molecule has 0 bridgehead atoms. The van der Waals surface area contributed by atoms with E-state index in [-0.39, 0.29) is 17.7 Å². The van der Waals surface area contributed by atoms with Gasteiger partial charge in [-0.1, -0.05) is 0 Å². The van der Waals surface area contributed by atoms with Crippen LogP contribution in [0, 0.1) is 5.92 Å². The Morgan fingerprint density at radius 2 is 2.26 bits per heavy atom. The third kappa shape index (κ3) is 3.34. The average Bonchev–Trinajstić information content (AvgIpc) is 3.15. The third-order valence-electron chi connectivity index (χ3n) is 4.18. The predicted molar refractivity (Wildman–Crippen MR) is 89.5 cm³/mol. The minimum absolute atomic E-state index is 0.0276.